The second kappa shape index (κ2) is 4.26. The van der Waals surface area contributed by atoms with Crippen molar-refractivity contribution in [3.63, 3.8) is 0 Å². The van der Waals surface area contributed by atoms with Crippen LogP contribution in [0.2, 0.25) is 5.15 Å². The fourth-order valence-electron chi connectivity index (χ4n) is 0.993. The predicted octanol–water partition coefficient (Wildman–Crippen LogP) is 2.39. The van der Waals surface area contributed by atoms with Crippen molar-refractivity contribution in [2.24, 2.45) is 0 Å². The summed E-state index contributed by atoms with van der Waals surface area (Å²) in [7, 11) is 0. The first-order valence-electron chi connectivity index (χ1n) is 3.55. The van der Waals surface area contributed by atoms with Gasteiger partial charge in [-0.2, -0.15) is 0 Å². The highest BCUT2D eigenvalue weighted by molar-refractivity contribution is 6.32. The van der Waals surface area contributed by atoms with E-state index in [1.807, 2.05) is 0 Å². The van der Waals surface area contributed by atoms with Crippen molar-refractivity contribution in [3.8, 4) is 0 Å². The minimum absolute atomic E-state index is 0.0177. The van der Waals surface area contributed by atoms with E-state index in [1.54, 1.807) is 0 Å². The van der Waals surface area contributed by atoms with Gasteiger partial charge in [-0.15, -0.1) is 0 Å². The second-order valence-electron chi connectivity index (χ2n) is 2.44. The summed E-state index contributed by atoms with van der Waals surface area (Å²) in [5.41, 5.74) is -2.58. The van der Waals surface area contributed by atoms with E-state index < -0.39 is 33.3 Å². The van der Waals surface area contributed by atoms with E-state index in [4.69, 9.17) is 11.6 Å². The molecular formula is C7H3ClF2N2O3. The highest BCUT2D eigenvalue weighted by atomic mass is 35.5. The van der Waals surface area contributed by atoms with Crippen LogP contribution in [-0.2, 0) is 0 Å². The average Bonchev–Trinajstić information content (AvgIpc) is 2.16. The van der Waals surface area contributed by atoms with E-state index in [0.717, 1.165) is 0 Å². The summed E-state index contributed by atoms with van der Waals surface area (Å²) in [5.74, 6) is 0. The Morgan fingerprint density at radius 3 is 2.60 bits per heavy atom. The van der Waals surface area contributed by atoms with Gasteiger partial charge in [-0.1, -0.05) is 11.6 Å². The van der Waals surface area contributed by atoms with Gasteiger partial charge in [0.2, 0.25) is 0 Å². The monoisotopic (exact) mass is 236 g/mol. The second-order valence-corrected chi connectivity index (χ2v) is 2.80. The first-order valence-corrected chi connectivity index (χ1v) is 3.93. The molecule has 5 nitrogen and oxygen atoms in total. The number of hydrogen-bond acceptors (Lipinski definition) is 4. The maximum Gasteiger partial charge on any atom is 0.297 e. The predicted molar refractivity (Wildman–Crippen MR) is 46.2 cm³/mol. The number of rotatable bonds is 3. The zero-order chi connectivity index (χ0) is 11.6. The summed E-state index contributed by atoms with van der Waals surface area (Å²) in [6.45, 7) is 0. The Morgan fingerprint density at radius 2 is 2.20 bits per heavy atom. The minimum atomic E-state index is -3.16. The summed E-state index contributed by atoms with van der Waals surface area (Å²) in [6, 6.07) is 0. The molecule has 0 bridgehead atoms. The molecule has 0 radical (unpaired) electrons. The zero-order valence-corrected chi connectivity index (χ0v) is 7.74. The van der Waals surface area contributed by atoms with E-state index in [-0.39, 0.29) is 6.29 Å². The fourth-order valence-corrected chi connectivity index (χ4v) is 1.19. The van der Waals surface area contributed by atoms with Gasteiger partial charge in [0.05, 0.1) is 10.5 Å². The van der Waals surface area contributed by atoms with E-state index in [1.165, 1.54) is 0 Å². The lowest BCUT2D eigenvalue weighted by atomic mass is 10.1. The van der Waals surface area contributed by atoms with Gasteiger partial charge in [-0.3, -0.25) is 14.9 Å². The highest BCUT2D eigenvalue weighted by Gasteiger charge is 2.27. The number of aromatic nitrogens is 1. The molecule has 0 fully saturated rings. The number of nitrogens with zero attached hydrogens (tertiary/aromatic N) is 2. The Kier molecular flexibility index (Phi) is 3.25. The zero-order valence-electron chi connectivity index (χ0n) is 6.99. The van der Waals surface area contributed by atoms with E-state index in [2.05, 4.69) is 4.98 Å². The minimum Gasteiger partial charge on any atom is -0.298 e. The van der Waals surface area contributed by atoms with Crippen LogP contribution in [0.5, 0.6) is 0 Å². The third-order valence-corrected chi connectivity index (χ3v) is 1.92. The molecular weight excluding hydrogens is 234 g/mol. The number of hydrogen-bond donors (Lipinski definition) is 0. The highest BCUT2D eigenvalue weighted by Crippen LogP contribution is 2.33. The van der Waals surface area contributed by atoms with Crippen molar-refractivity contribution in [1.29, 1.82) is 0 Å². The lowest BCUT2D eigenvalue weighted by Crippen LogP contribution is -2.03. The summed E-state index contributed by atoms with van der Waals surface area (Å²) in [4.78, 5) is 23.1. The molecule has 0 unspecified atom stereocenters. The maximum absolute atomic E-state index is 12.5. The Bertz CT molecular complexity index is 425. The molecule has 0 aliphatic heterocycles. The summed E-state index contributed by atoms with van der Waals surface area (Å²) in [5, 5.41) is 9.90. The van der Waals surface area contributed by atoms with Crippen LogP contribution < -0.4 is 0 Å². The number of halogens is 3. The Hall–Kier alpha value is -1.63. The van der Waals surface area contributed by atoms with Gasteiger partial charge in [-0.25, -0.2) is 13.8 Å². The van der Waals surface area contributed by atoms with Crippen LogP contribution in [0.3, 0.4) is 0 Å². The first kappa shape index (κ1) is 11.4. The third kappa shape index (κ3) is 2.07. The van der Waals surface area contributed by atoms with E-state index in [0.29, 0.717) is 6.20 Å². The van der Waals surface area contributed by atoms with Crippen molar-refractivity contribution in [2.45, 2.75) is 6.43 Å². The van der Waals surface area contributed by atoms with Crippen molar-refractivity contribution < 1.29 is 18.5 Å². The summed E-state index contributed by atoms with van der Waals surface area (Å²) >= 11 is 5.35. The molecule has 1 rings (SSSR count). The Labute approximate surface area is 86.8 Å². The molecule has 15 heavy (non-hydrogen) atoms. The Morgan fingerprint density at radius 1 is 1.60 bits per heavy atom. The molecule has 0 aliphatic carbocycles. The first-order chi connectivity index (χ1) is 6.99. The van der Waals surface area contributed by atoms with Crippen LogP contribution in [-0.4, -0.2) is 16.2 Å². The largest absolute Gasteiger partial charge is 0.298 e. The van der Waals surface area contributed by atoms with Crippen molar-refractivity contribution in [1.82, 2.24) is 4.98 Å². The van der Waals surface area contributed by atoms with Crippen LogP contribution in [0.1, 0.15) is 22.3 Å². The SMILES string of the molecule is O=Cc1c(Cl)ncc([N+](=O)[O-])c1C(F)F. The van der Waals surface area contributed by atoms with Gasteiger partial charge >= 0.3 is 0 Å². The number of aldehydes is 1. The molecule has 1 aromatic rings. The van der Waals surface area contributed by atoms with Crippen LogP contribution in [0.4, 0.5) is 14.5 Å². The summed E-state index contributed by atoms with van der Waals surface area (Å²) in [6.07, 6.45) is -2.55. The molecule has 0 amide bonds. The topological polar surface area (TPSA) is 73.1 Å². The normalized spacial score (nSPS) is 10.4. The molecule has 1 aromatic heterocycles. The lowest BCUT2D eigenvalue weighted by Gasteiger charge is -2.04. The fraction of sp³-hybridized carbons (Fsp3) is 0.143. The van der Waals surface area contributed by atoms with Crippen LogP contribution >= 0.6 is 11.6 Å². The lowest BCUT2D eigenvalue weighted by molar-refractivity contribution is -0.386. The average molecular weight is 237 g/mol. The number of nitro groups is 1. The smallest absolute Gasteiger partial charge is 0.297 e. The van der Waals surface area contributed by atoms with Crippen LogP contribution in [0, 0.1) is 10.1 Å². The van der Waals surface area contributed by atoms with Crippen molar-refractivity contribution in [3.05, 3.63) is 32.6 Å². The third-order valence-electron chi connectivity index (χ3n) is 1.62. The number of pyridine rings is 1. The molecule has 0 spiro atoms. The van der Waals surface area contributed by atoms with Gasteiger partial charge in [-0.05, 0) is 0 Å². The molecule has 1 heterocycles. The van der Waals surface area contributed by atoms with Gasteiger partial charge in [0, 0.05) is 0 Å². The molecule has 8 heteroatoms. The molecule has 0 saturated carbocycles. The van der Waals surface area contributed by atoms with Gasteiger partial charge < -0.3 is 0 Å². The number of alkyl halides is 2. The molecule has 80 valence electrons. The van der Waals surface area contributed by atoms with Gasteiger partial charge in [0.15, 0.2) is 6.29 Å². The van der Waals surface area contributed by atoms with Gasteiger partial charge in [0.25, 0.3) is 12.1 Å². The molecule has 0 aliphatic rings. The van der Waals surface area contributed by atoms with Crippen molar-refractivity contribution in [2.75, 3.05) is 0 Å². The van der Waals surface area contributed by atoms with Crippen LogP contribution in [0.25, 0.3) is 0 Å². The van der Waals surface area contributed by atoms with E-state index in [9.17, 15) is 23.7 Å². The van der Waals surface area contributed by atoms with Crippen molar-refractivity contribution >= 4 is 23.6 Å². The number of carbonyl (C=O) groups excluding carboxylic acids is 1. The standard InChI is InChI=1S/C7H3ClF2N2O3/c8-6-3(2-13)5(7(9)10)4(1-11-6)12(14)15/h1-2,7H. The van der Waals surface area contributed by atoms with Gasteiger partial charge in [0.1, 0.15) is 16.9 Å². The quantitative estimate of drug-likeness (QED) is 0.350. The number of carbonyl (C=O) groups is 1. The molecule has 0 atom stereocenters. The molecule has 0 saturated heterocycles. The van der Waals surface area contributed by atoms with Crippen LogP contribution in [0.15, 0.2) is 6.20 Å². The summed E-state index contributed by atoms with van der Waals surface area (Å²) < 4.78 is 24.9. The Balaban J connectivity index is 3.56. The maximum atomic E-state index is 12.5. The molecule has 0 aromatic carbocycles. The molecule has 0 N–H and O–H groups in total. The van der Waals surface area contributed by atoms with E-state index >= 15 is 0 Å².